The lowest BCUT2D eigenvalue weighted by Crippen LogP contribution is -2.29. The van der Waals surface area contributed by atoms with Gasteiger partial charge in [-0.05, 0) is 61.4 Å². The van der Waals surface area contributed by atoms with Gasteiger partial charge in [0.25, 0.3) is 5.78 Å². The third kappa shape index (κ3) is 3.52. The number of aromatic hydroxyl groups is 1. The van der Waals surface area contributed by atoms with Crippen molar-refractivity contribution in [2.24, 2.45) is 0 Å². The average Bonchev–Trinajstić information content (AvgIpc) is 3.33. The lowest BCUT2D eigenvalue weighted by Gasteiger charge is -2.23. The Bertz CT molecular complexity index is 1520. The lowest BCUT2D eigenvalue weighted by atomic mass is 9.93. The van der Waals surface area contributed by atoms with E-state index in [9.17, 15) is 24.2 Å². The molecule has 0 spiro atoms. The molecule has 1 fully saturated rings. The zero-order valence-corrected chi connectivity index (χ0v) is 19.1. The molecule has 1 saturated heterocycles. The molecule has 1 aliphatic heterocycles. The molecular weight excluding hydrogens is 455 g/mol. The van der Waals surface area contributed by atoms with E-state index in [2.05, 4.69) is 4.98 Å². The molecule has 1 amide bonds. The minimum absolute atomic E-state index is 0.0544. The standard InChI is InChI=1S/C26H19FN2O4S/c1-13-6-7-14(2)18(10-13)23(31)21-22(15-4-3-5-17(30)11-15)29(25(33)24(21)32)26-28-19-9-8-16(27)12-20(19)34-26/h3-12,22,30-31H,1-2H3. The summed E-state index contributed by atoms with van der Waals surface area (Å²) in [6.07, 6.45) is 0. The highest BCUT2D eigenvalue weighted by atomic mass is 32.1. The number of anilines is 1. The molecule has 4 aromatic rings. The van der Waals surface area contributed by atoms with Crippen molar-refractivity contribution < 1.29 is 24.2 Å². The highest BCUT2D eigenvalue weighted by Gasteiger charge is 2.48. The van der Waals surface area contributed by atoms with Gasteiger partial charge in [0, 0.05) is 5.56 Å². The number of aromatic nitrogens is 1. The van der Waals surface area contributed by atoms with E-state index in [0.29, 0.717) is 21.3 Å². The Labute approximate surface area is 198 Å². The maximum absolute atomic E-state index is 13.7. The van der Waals surface area contributed by atoms with Crippen LogP contribution in [0.5, 0.6) is 5.75 Å². The Hall–Kier alpha value is -4.04. The van der Waals surface area contributed by atoms with Crippen LogP contribution in [-0.2, 0) is 9.59 Å². The quantitative estimate of drug-likeness (QED) is 0.236. The van der Waals surface area contributed by atoms with Crippen molar-refractivity contribution in [2.75, 3.05) is 4.90 Å². The summed E-state index contributed by atoms with van der Waals surface area (Å²) >= 11 is 1.07. The maximum atomic E-state index is 13.7. The largest absolute Gasteiger partial charge is 0.508 e. The van der Waals surface area contributed by atoms with Crippen LogP contribution in [0.4, 0.5) is 9.52 Å². The molecular formula is C26H19FN2O4S. The van der Waals surface area contributed by atoms with Crippen LogP contribution in [0.2, 0.25) is 0 Å². The Morgan fingerprint density at radius 3 is 2.62 bits per heavy atom. The van der Waals surface area contributed by atoms with Crippen LogP contribution in [0.25, 0.3) is 16.0 Å². The molecule has 8 heteroatoms. The average molecular weight is 475 g/mol. The fraction of sp³-hybridized carbons (Fsp3) is 0.115. The molecule has 1 atom stereocenters. The van der Waals surface area contributed by atoms with Crippen LogP contribution in [0, 0.1) is 19.7 Å². The van der Waals surface area contributed by atoms with Gasteiger partial charge in [-0.3, -0.25) is 14.5 Å². The van der Waals surface area contributed by atoms with Gasteiger partial charge in [0.2, 0.25) is 0 Å². The number of hydrogen-bond acceptors (Lipinski definition) is 6. The first kappa shape index (κ1) is 21.8. The molecule has 0 bridgehead atoms. The topological polar surface area (TPSA) is 90.7 Å². The second-order valence-corrected chi connectivity index (χ2v) is 9.20. The second kappa shape index (κ2) is 8.07. The maximum Gasteiger partial charge on any atom is 0.301 e. The van der Waals surface area contributed by atoms with E-state index in [1.165, 1.54) is 35.2 Å². The fourth-order valence-corrected chi connectivity index (χ4v) is 5.18. The number of halogens is 1. The number of nitrogens with zero attached hydrogens (tertiary/aromatic N) is 2. The SMILES string of the molecule is Cc1ccc(C)c(C(O)=C2C(=O)C(=O)N(c3nc4ccc(F)cc4s3)C2c2cccc(O)c2)c1. The van der Waals surface area contributed by atoms with Crippen LogP contribution in [-0.4, -0.2) is 26.9 Å². The number of benzene rings is 3. The van der Waals surface area contributed by atoms with Gasteiger partial charge in [0.1, 0.15) is 17.3 Å². The van der Waals surface area contributed by atoms with E-state index in [-0.39, 0.29) is 22.2 Å². The molecule has 1 unspecified atom stereocenters. The van der Waals surface area contributed by atoms with E-state index in [1.807, 2.05) is 19.1 Å². The van der Waals surface area contributed by atoms with E-state index in [1.54, 1.807) is 25.1 Å². The summed E-state index contributed by atoms with van der Waals surface area (Å²) in [6, 6.07) is 14.7. The third-order valence-corrected chi connectivity index (χ3v) is 6.84. The highest BCUT2D eigenvalue weighted by molar-refractivity contribution is 7.22. The van der Waals surface area contributed by atoms with E-state index >= 15 is 0 Å². The smallest absolute Gasteiger partial charge is 0.301 e. The molecule has 6 nitrogen and oxygen atoms in total. The Morgan fingerprint density at radius 2 is 1.85 bits per heavy atom. The summed E-state index contributed by atoms with van der Waals surface area (Å²) in [4.78, 5) is 32.2. The summed E-state index contributed by atoms with van der Waals surface area (Å²) in [5, 5.41) is 21.6. The van der Waals surface area contributed by atoms with Crippen molar-refractivity contribution in [3.8, 4) is 5.75 Å². The molecule has 34 heavy (non-hydrogen) atoms. The molecule has 3 aromatic carbocycles. The fourth-order valence-electron chi connectivity index (χ4n) is 4.17. The number of hydrogen-bond donors (Lipinski definition) is 2. The Morgan fingerprint density at radius 1 is 1.06 bits per heavy atom. The number of fused-ring (bicyclic) bond motifs is 1. The van der Waals surface area contributed by atoms with Crippen molar-refractivity contribution in [1.29, 1.82) is 0 Å². The van der Waals surface area contributed by atoms with Gasteiger partial charge >= 0.3 is 5.91 Å². The van der Waals surface area contributed by atoms with Crippen LogP contribution in [0.1, 0.15) is 28.3 Å². The van der Waals surface area contributed by atoms with Crippen molar-refractivity contribution in [3.63, 3.8) is 0 Å². The number of carbonyl (C=O) groups excluding carboxylic acids is 2. The zero-order valence-electron chi connectivity index (χ0n) is 18.2. The van der Waals surface area contributed by atoms with Crippen molar-refractivity contribution in [2.45, 2.75) is 19.9 Å². The first-order chi connectivity index (χ1) is 16.2. The van der Waals surface area contributed by atoms with E-state index < -0.39 is 23.5 Å². The first-order valence-electron chi connectivity index (χ1n) is 10.5. The van der Waals surface area contributed by atoms with E-state index in [4.69, 9.17) is 0 Å². The van der Waals surface area contributed by atoms with Gasteiger partial charge in [0.05, 0.1) is 21.8 Å². The monoisotopic (exact) mass is 474 g/mol. The van der Waals surface area contributed by atoms with Crippen LogP contribution < -0.4 is 4.90 Å². The highest BCUT2D eigenvalue weighted by Crippen LogP contribution is 2.45. The summed E-state index contributed by atoms with van der Waals surface area (Å²) in [5.41, 5.74) is 2.86. The number of phenols is 1. The minimum Gasteiger partial charge on any atom is -0.508 e. The molecule has 1 aliphatic rings. The van der Waals surface area contributed by atoms with Crippen molar-refractivity contribution in [3.05, 3.63) is 94.3 Å². The van der Waals surface area contributed by atoms with Crippen LogP contribution in [0.15, 0.2) is 66.2 Å². The molecule has 2 N–H and O–H groups in total. The normalized spacial score (nSPS) is 17.6. The van der Waals surface area contributed by atoms with Gasteiger partial charge < -0.3 is 10.2 Å². The molecule has 0 saturated carbocycles. The summed E-state index contributed by atoms with van der Waals surface area (Å²) in [5.74, 6) is -2.52. The number of phenolic OH excluding ortho intramolecular Hbond substituents is 1. The summed E-state index contributed by atoms with van der Waals surface area (Å²) in [6.45, 7) is 3.66. The second-order valence-electron chi connectivity index (χ2n) is 8.19. The third-order valence-electron chi connectivity index (χ3n) is 5.82. The number of aliphatic hydroxyl groups excluding tert-OH is 1. The van der Waals surface area contributed by atoms with E-state index in [0.717, 1.165) is 22.5 Å². The van der Waals surface area contributed by atoms with Gasteiger partial charge in [0.15, 0.2) is 5.13 Å². The van der Waals surface area contributed by atoms with Gasteiger partial charge in [-0.15, -0.1) is 0 Å². The van der Waals surface area contributed by atoms with Gasteiger partial charge in [-0.2, -0.15) is 0 Å². The molecule has 0 aliphatic carbocycles. The number of aliphatic hydroxyl groups is 1. The number of ketones is 1. The summed E-state index contributed by atoms with van der Waals surface area (Å²) in [7, 11) is 0. The molecule has 5 rings (SSSR count). The minimum atomic E-state index is -1.03. The predicted molar refractivity (Wildman–Crippen MR) is 128 cm³/mol. The number of Topliss-reactive ketones (excluding diaryl/α,β-unsaturated/α-hetero) is 1. The number of thiazole rings is 1. The van der Waals surface area contributed by atoms with Gasteiger partial charge in [-0.1, -0.05) is 41.2 Å². The van der Waals surface area contributed by atoms with Crippen molar-refractivity contribution in [1.82, 2.24) is 4.98 Å². The van der Waals surface area contributed by atoms with Crippen molar-refractivity contribution >= 4 is 44.1 Å². The number of amides is 1. The summed E-state index contributed by atoms with van der Waals surface area (Å²) < 4.78 is 14.3. The van der Waals surface area contributed by atoms with Crippen LogP contribution >= 0.6 is 11.3 Å². The Balaban J connectivity index is 1.77. The first-order valence-corrected chi connectivity index (χ1v) is 11.3. The zero-order chi connectivity index (χ0) is 24.1. The van der Waals surface area contributed by atoms with Crippen LogP contribution in [0.3, 0.4) is 0 Å². The molecule has 2 heterocycles. The molecule has 1 aromatic heterocycles. The molecule has 170 valence electrons. The number of aryl methyl sites for hydroxylation is 2. The number of rotatable bonds is 3. The Kier molecular flexibility index (Phi) is 5.17. The predicted octanol–water partition coefficient (Wildman–Crippen LogP) is 5.38. The number of carbonyl (C=O) groups is 2. The lowest BCUT2D eigenvalue weighted by molar-refractivity contribution is -0.132. The molecule has 0 radical (unpaired) electrons. The van der Waals surface area contributed by atoms with Gasteiger partial charge in [-0.25, -0.2) is 9.37 Å².